The second-order valence-corrected chi connectivity index (χ2v) is 8.16. The molecule has 4 rings (SSSR count). The number of nitrogens with zero attached hydrogens (tertiary/aromatic N) is 1. The van der Waals surface area contributed by atoms with Gasteiger partial charge in [-0.2, -0.15) is 0 Å². The van der Waals surface area contributed by atoms with Crippen LogP contribution < -0.4 is 21.5 Å². The first kappa shape index (κ1) is 18.3. The van der Waals surface area contributed by atoms with Gasteiger partial charge in [0.25, 0.3) is 0 Å². The molecule has 7 heteroatoms. The molecule has 3 aliphatic rings. The van der Waals surface area contributed by atoms with E-state index in [9.17, 15) is 9.59 Å². The number of benzene rings is 1. The van der Waals surface area contributed by atoms with Crippen LogP contribution in [0.25, 0.3) is 0 Å². The second-order valence-electron chi connectivity index (χ2n) is 8.16. The number of rotatable bonds is 3. The van der Waals surface area contributed by atoms with Gasteiger partial charge >= 0.3 is 0 Å². The number of piperidine rings is 1. The van der Waals surface area contributed by atoms with Gasteiger partial charge in [0.2, 0.25) is 11.8 Å². The molecule has 1 aromatic carbocycles. The van der Waals surface area contributed by atoms with Crippen LogP contribution in [0.1, 0.15) is 39.5 Å². The Bertz CT molecular complexity index is 719. The number of amides is 2. The summed E-state index contributed by atoms with van der Waals surface area (Å²) in [5.74, 6) is 0.680. The molecule has 3 aliphatic heterocycles. The van der Waals surface area contributed by atoms with Gasteiger partial charge in [0.05, 0.1) is 11.4 Å². The van der Waals surface area contributed by atoms with Crippen molar-refractivity contribution in [1.29, 1.82) is 0 Å². The van der Waals surface area contributed by atoms with Crippen molar-refractivity contribution in [3.05, 3.63) is 24.3 Å². The highest BCUT2D eigenvalue weighted by Crippen LogP contribution is 2.36. The van der Waals surface area contributed by atoms with E-state index in [4.69, 9.17) is 0 Å². The van der Waals surface area contributed by atoms with Crippen molar-refractivity contribution >= 4 is 23.2 Å². The molecule has 1 aromatic rings. The largest absolute Gasteiger partial charge is 0.369 e. The van der Waals surface area contributed by atoms with E-state index in [0.717, 1.165) is 17.8 Å². The molecule has 1 spiro atoms. The van der Waals surface area contributed by atoms with Crippen LogP contribution in [-0.2, 0) is 9.59 Å². The van der Waals surface area contributed by atoms with E-state index in [0.29, 0.717) is 50.4 Å². The molecule has 146 valence electrons. The van der Waals surface area contributed by atoms with Gasteiger partial charge < -0.3 is 15.5 Å². The number of carbonyl (C=O) groups excluding carboxylic acids is 2. The van der Waals surface area contributed by atoms with E-state index in [-0.39, 0.29) is 11.8 Å². The minimum Gasteiger partial charge on any atom is -0.369 e. The number of nitrogens with one attached hydrogen (secondary N) is 4. The lowest BCUT2D eigenvalue weighted by Gasteiger charge is -2.44. The molecule has 0 aliphatic carbocycles. The van der Waals surface area contributed by atoms with Crippen LogP contribution in [0.5, 0.6) is 0 Å². The van der Waals surface area contributed by atoms with Crippen molar-refractivity contribution in [2.75, 3.05) is 23.7 Å². The average Bonchev–Trinajstić information content (AvgIpc) is 2.99. The molecular formula is C20H29N5O2. The van der Waals surface area contributed by atoms with E-state index < -0.39 is 5.54 Å². The number of carbonyl (C=O) groups is 2. The summed E-state index contributed by atoms with van der Waals surface area (Å²) in [4.78, 5) is 27.3. The Labute approximate surface area is 160 Å². The summed E-state index contributed by atoms with van der Waals surface area (Å²) in [5, 5.41) is 6.46. The van der Waals surface area contributed by atoms with E-state index >= 15 is 0 Å². The van der Waals surface area contributed by atoms with E-state index in [2.05, 4.69) is 35.3 Å². The summed E-state index contributed by atoms with van der Waals surface area (Å²) < 4.78 is 0. The fraction of sp³-hybridized carbons (Fsp3) is 0.600. The summed E-state index contributed by atoms with van der Waals surface area (Å²) >= 11 is 0. The summed E-state index contributed by atoms with van der Waals surface area (Å²) in [6.07, 6.45) is 2.73. The van der Waals surface area contributed by atoms with E-state index in [1.54, 1.807) is 0 Å². The number of anilines is 2. The maximum absolute atomic E-state index is 12.7. The minimum atomic E-state index is -0.604. The number of fused-ring (bicyclic) bond motifs is 1. The van der Waals surface area contributed by atoms with Crippen LogP contribution in [0.4, 0.5) is 11.4 Å². The molecule has 27 heavy (non-hydrogen) atoms. The molecule has 4 N–H and O–H groups in total. The minimum absolute atomic E-state index is 0.0130. The summed E-state index contributed by atoms with van der Waals surface area (Å²) in [6, 6.07) is 8.53. The van der Waals surface area contributed by atoms with Crippen LogP contribution in [0.15, 0.2) is 24.3 Å². The molecule has 0 radical (unpaired) electrons. The van der Waals surface area contributed by atoms with Crippen LogP contribution in [0.2, 0.25) is 0 Å². The van der Waals surface area contributed by atoms with Crippen molar-refractivity contribution in [3.63, 3.8) is 0 Å². The quantitative estimate of drug-likeness (QED) is 0.650. The first-order valence-electron chi connectivity index (χ1n) is 9.96. The van der Waals surface area contributed by atoms with Crippen molar-refractivity contribution in [2.45, 2.75) is 57.2 Å². The smallest absolute Gasteiger partial charge is 0.250 e. The van der Waals surface area contributed by atoms with Crippen LogP contribution in [0, 0.1) is 5.92 Å². The lowest BCUT2D eigenvalue weighted by Crippen LogP contribution is -2.59. The van der Waals surface area contributed by atoms with Gasteiger partial charge in [0.15, 0.2) is 0 Å². The lowest BCUT2D eigenvalue weighted by atomic mass is 9.84. The maximum atomic E-state index is 12.7. The highest BCUT2D eigenvalue weighted by Gasteiger charge is 2.45. The number of hydrogen-bond donors (Lipinski definition) is 4. The normalized spacial score (nSPS) is 29.2. The molecule has 7 nitrogen and oxygen atoms in total. The number of likely N-dealkylation sites (tertiary alicyclic amines) is 1. The number of para-hydroxylation sites is 2. The second kappa shape index (κ2) is 7.13. The van der Waals surface area contributed by atoms with Crippen molar-refractivity contribution < 1.29 is 9.59 Å². The Morgan fingerprint density at radius 3 is 2.41 bits per heavy atom. The zero-order chi connectivity index (χ0) is 19.0. The molecule has 2 atom stereocenters. The Morgan fingerprint density at radius 1 is 1.11 bits per heavy atom. The number of hydrazine groups is 1. The Kier molecular flexibility index (Phi) is 4.82. The third-order valence-electron chi connectivity index (χ3n) is 6.47. The first-order valence-corrected chi connectivity index (χ1v) is 9.96. The van der Waals surface area contributed by atoms with Gasteiger partial charge in [0, 0.05) is 31.6 Å². The first-order chi connectivity index (χ1) is 13.0. The third-order valence-corrected chi connectivity index (χ3v) is 6.47. The van der Waals surface area contributed by atoms with Gasteiger partial charge in [-0.05, 0) is 51.2 Å². The predicted octanol–water partition coefficient (Wildman–Crippen LogP) is 1.69. The molecule has 0 bridgehead atoms. The Hall–Kier alpha value is -2.12. The monoisotopic (exact) mass is 371 g/mol. The van der Waals surface area contributed by atoms with Gasteiger partial charge in [0.1, 0.15) is 5.54 Å². The Morgan fingerprint density at radius 2 is 1.74 bits per heavy atom. The van der Waals surface area contributed by atoms with Gasteiger partial charge in [-0.1, -0.05) is 12.1 Å². The van der Waals surface area contributed by atoms with Crippen LogP contribution in [0.3, 0.4) is 0 Å². The molecule has 2 unspecified atom stereocenters. The lowest BCUT2D eigenvalue weighted by molar-refractivity contribution is -0.135. The van der Waals surface area contributed by atoms with Crippen molar-refractivity contribution in [3.8, 4) is 0 Å². The summed E-state index contributed by atoms with van der Waals surface area (Å²) in [5.41, 5.74) is 7.68. The van der Waals surface area contributed by atoms with Gasteiger partial charge in [-0.15, -0.1) is 0 Å². The van der Waals surface area contributed by atoms with E-state index in [1.807, 2.05) is 29.2 Å². The predicted molar refractivity (Wildman–Crippen MR) is 105 cm³/mol. The molecule has 2 fully saturated rings. The topological polar surface area (TPSA) is 85.5 Å². The maximum Gasteiger partial charge on any atom is 0.250 e. The van der Waals surface area contributed by atoms with Crippen molar-refractivity contribution in [2.24, 2.45) is 5.92 Å². The van der Waals surface area contributed by atoms with Crippen LogP contribution >= 0.6 is 0 Å². The fourth-order valence-corrected chi connectivity index (χ4v) is 4.61. The molecular weight excluding hydrogens is 342 g/mol. The summed E-state index contributed by atoms with van der Waals surface area (Å²) in [7, 11) is 0. The molecule has 0 aromatic heterocycles. The molecule has 3 heterocycles. The Balaban J connectivity index is 1.33. The van der Waals surface area contributed by atoms with Crippen molar-refractivity contribution in [1.82, 2.24) is 15.8 Å². The van der Waals surface area contributed by atoms with Crippen LogP contribution in [-0.4, -0.2) is 47.4 Å². The average molecular weight is 371 g/mol. The zero-order valence-electron chi connectivity index (χ0n) is 16.0. The van der Waals surface area contributed by atoms with Gasteiger partial charge in [-0.3, -0.25) is 20.4 Å². The molecule has 2 saturated heterocycles. The van der Waals surface area contributed by atoms with Gasteiger partial charge in [-0.25, -0.2) is 0 Å². The van der Waals surface area contributed by atoms with E-state index in [1.165, 1.54) is 0 Å². The summed E-state index contributed by atoms with van der Waals surface area (Å²) in [6.45, 7) is 5.55. The zero-order valence-corrected chi connectivity index (χ0v) is 16.0. The molecule has 0 saturated carbocycles. The fourth-order valence-electron chi connectivity index (χ4n) is 4.61. The highest BCUT2D eigenvalue weighted by atomic mass is 16.2. The number of hydrogen-bond acceptors (Lipinski definition) is 5. The third kappa shape index (κ3) is 3.41. The SMILES string of the molecule is CC1NNC(C)C1CCC(=O)N1CCC2(CC1)Nc1ccccc1NC2=O. The standard InChI is InChI=1S/C20H29N5O2/c1-13-15(14(2)24-23-13)7-8-18(26)25-11-9-20(10-12-25)19(27)21-16-5-3-4-6-17(16)22-20/h3-6,13-15,22-24H,7-12H2,1-2H3,(H,21,27). The molecule has 2 amide bonds. The highest BCUT2D eigenvalue weighted by molar-refractivity contribution is 6.06.